The molecule has 2 heterocycles. The highest BCUT2D eigenvalue weighted by Gasteiger charge is 2.34. The van der Waals surface area contributed by atoms with E-state index >= 15 is 0 Å². The van der Waals surface area contributed by atoms with Crippen LogP contribution in [0.25, 0.3) is 0 Å². The van der Waals surface area contributed by atoms with Crippen LogP contribution in [-0.4, -0.2) is 44.0 Å². The molecule has 4 nitrogen and oxygen atoms in total. The van der Waals surface area contributed by atoms with E-state index in [1.165, 1.54) is 4.90 Å². The van der Waals surface area contributed by atoms with Gasteiger partial charge in [0.25, 0.3) is 0 Å². The zero-order valence-electron chi connectivity index (χ0n) is 12.5. The summed E-state index contributed by atoms with van der Waals surface area (Å²) in [6.07, 6.45) is -3.31. The molecule has 1 unspecified atom stereocenters. The summed E-state index contributed by atoms with van der Waals surface area (Å²) in [5, 5.41) is 3.32. The smallest absolute Gasteiger partial charge is 0.401 e. The largest absolute Gasteiger partial charge is 0.454 e. The molecule has 1 aromatic rings. The first-order valence-corrected chi connectivity index (χ1v) is 8.28. The number of halogens is 4. The predicted octanol–water partition coefficient (Wildman–Crippen LogP) is 3.15. The van der Waals surface area contributed by atoms with Crippen molar-refractivity contribution in [3.8, 4) is 11.5 Å². The van der Waals surface area contributed by atoms with Gasteiger partial charge < -0.3 is 14.8 Å². The van der Waals surface area contributed by atoms with Gasteiger partial charge in [-0.3, -0.25) is 4.90 Å². The number of fused-ring (bicyclic) bond motifs is 1. The Morgan fingerprint density at radius 3 is 2.91 bits per heavy atom. The molecule has 2 aliphatic heterocycles. The molecule has 0 amide bonds. The van der Waals surface area contributed by atoms with Gasteiger partial charge >= 0.3 is 6.18 Å². The maximum atomic E-state index is 12.4. The van der Waals surface area contributed by atoms with Crippen LogP contribution in [0.15, 0.2) is 16.6 Å². The molecule has 1 aromatic carbocycles. The molecule has 0 saturated carbocycles. The number of ether oxygens (including phenoxy) is 2. The second kappa shape index (κ2) is 6.86. The van der Waals surface area contributed by atoms with Gasteiger partial charge in [0.15, 0.2) is 11.5 Å². The minimum atomic E-state index is -4.11. The molecule has 3 rings (SSSR count). The molecule has 0 aliphatic carbocycles. The van der Waals surface area contributed by atoms with Crippen LogP contribution < -0.4 is 14.8 Å². The van der Waals surface area contributed by atoms with Gasteiger partial charge in [-0.25, -0.2) is 0 Å². The van der Waals surface area contributed by atoms with Gasteiger partial charge in [-0.2, -0.15) is 13.2 Å². The predicted molar refractivity (Wildman–Crippen MR) is 82.6 cm³/mol. The number of likely N-dealkylation sites (tertiary alicyclic amines) is 1. The summed E-state index contributed by atoms with van der Waals surface area (Å²) < 4.78 is 48.7. The third-order valence-corrected chi connectivity index (χ3v) is 4.61. The molecule has 1 atom stereocenters. The third-order valence-electron chi connectivity index (χ3n) is 4.02. The Labute approximate surface area is 141 Å². The molecule has 23 heavy (non-hydrogen) atoms. The summed E-state index contributed by atoms with van der Waals surface area (Å²) in [4.78, 5) is 1.48. The van der Waals surface area contributed by atoms with Gasteiger partial charge in [0.2, 0.25) is 6.79 Å². The Bertz CT molecular complexity index is 568. The fraction of sp³-hybridized carbons (Fsp3) is 0.600. The van der Waals surface area contributed by atoms with Crippen LogP contribution in [0, 0.1) is 5.92 Å². The van der Waals surface area contributed by atoms with E-state index in [-0.39, 0.29) is 12.7 Å². The van der Waals surface area contributed by atoms with Crippen molar-refractivity contribution in [1.82, 2.24) is 10.2 Å². The molecule has 128 valence electrons. The van der Waals surface area contributed by atoms with E-state index in [2.05, 4.69) is 21.2 Å². The third kappa shape index (κ3) is 4.51. The van der Waals surface area contributed by atoms with Crippen LogP contribution in [-0.2, 0) is 6.54 Å². The maximum absolute atomic E-state index is 12.4. The van der Waals surface area contributed by atoms with Crippen molar-refractivity contribution in [2.75, 3.05) is 33.0 Å². The van der Waals surface area contributed by atoms with Gasteiger partial charge in [0.05, 0.1) is 11.0 Å². The Morgan fingerprint density at radius 1 is 1.30 bits per heavy atom. The van der Waals surface area contributed by atoms with Crippen LogP contribution in [0.1, 0.15) is 12.0 Å². The Kier molecular flexibility index (Phi) is 5.03. The zero-order valence-corrected chi connectivity index (χ0v) is 14.0. The highest BCUT2D eigenvalue weighted by molar-refractivity contribution is 9.10. The number of nitrogens with one attached hydrogen (secondary N) is 1. The molecular formula is C15H18BrF3N2O2. The van der Waals surface area contributed by atoms with E-state index in [9.17, 15) is 13.2 Å². The Balaban J connectivity index is 1.45. The SMILES string of the molecule is FC(F)(F)CN1CCC(CNCc2cc(Br)c3c(c2)OCO3)C1. The van der Waals surface area contributed by atoms with Gasteiger partial charge in [0.1, 0.15) is 0 Å². The summed E-state index contributed by atoms with van der Waals surface area (Å²) in [6.45, 7) is 1.78. The van der Waals surface area contributed by atoms with Gasteiger partial charge in [0, 0.05) is 13.1 Å². The summed E-state index contributed by atoms with van der Waals surface area (Å²) >= 11 is 3.45. The second-order valence-electron chi connectivity index (χ2n) is 5.95. The lowest BCUT2D eigenvalue weighted by Crippen LogP contribution is -2.33. The molecular weight excluding hydrogens is 377 g/mol. The molecule has 2 aliphatic rings. The van der Waals surface area contributed by atoms with Crippen molar-refractivity contribution >= 4 is 15.9 Å². The van der Waals surface area contributed by atoms with Gasteiger partial charge in [-0.05, 0) is 59.1 Å². The van der Waals surface area contributed by atoms with Crippen molar-refractivity contribution in [3.63, 3.8) is 0 Å². The van der Waals surface area contributed by atoms with E-state index in [0.717, 1.165) is 16.5 Å². The van der Waals surface area contributed by atoms with Crippen LogP contribution in [0.2, 0.25) is 0 Å². The summed E-state index contributed by atoms with van der Waals surface area (Å²) in [6, 6.07) is 3.88. The van der Waals surface area contributed by atoms with E-state index in [1.54, 1.807) is 0 Å². The lowest BCUT2D eigenvalue weighted by Gasteiger charge is -2.18. The van der Waals surface area contributed by atoms with Crippen LogP contribution in [0.3, 0.4) is 0 Å². The molecule has 0 bridgehead atoms. The number of alkyl halides is 3. The topological polar surface area (TPSA) is 33.7 Å². The van der Waals surface area contributed by atoms with Crippen molar-refractivity contribution in [2.24, 2.45) is 5.92 Å². The van der Waals surface area contributed by atoms with E-state index in [0.29, 0.717) is 37.7 Å². The molecule has 1 fully saturated rings. The fourth-order valence-electron chi connectivity index (χ4n) is 3.02. The Morgan fingerprint density at radius 2 is 2.13 bits per heavy atom. The zero-order chi connectivity index (χ0) is 16.4. The first kappa shape index (κ1) is 16.9. The lowest BCUT2D eigenvalue weighted by atomic mass is 10.1. The fourth-order valence-corrected chi connectivity index (χ4v) is 3.62. The van der Waals surface area contributed by atoms with Gasteiger partial charge in [-0.1, -0.05) is 0 Å². The number of nitrogens with zero attached hydrogens (tertiary/aromatic N) is 1. The average molecular weight is 395 g/mol. The lowest BCUT2D eigenvalue weighted by molar-refractivity contribution is -0.143. The van der Waals surface area contributed by atoms with E-state index in [4.69, 9.17) is 9.47 Å². The van der Waals surface area contributed by atoms with E-state index < -0.39 is 12.7 Å². The average Bonchev–Trinajstić information content (AvgIpc) is 3.06. The standard InChI is InChI=1S/C15H18BrF3N2O2/c16-12-3-11(4-13-14(12)23-9-22-13)6-20-5-10-1-2-21(7-10)8-15(17,18)19/h3-4,10,20H,1-2,5-9H2. The molecule has 1 saturated heterocycles. The van der Waals surface area contributed by atoms with Crippen LogP contribution in [0.5, 0.6) is 11.5 Å². The van der Waals surface area contributed by atoms with Crippen LogP contribution in [0.4, 0.5) is 13.2 Å². The van der Waals surface area contributed by atoms with Crippen molar-refractivity contribution in [3.05, 3.63) is 22.2 Å². The number of rotatable bonds is 5. The van der Waals surface area contributed by atoms with E-state index in [1.807, 2.05) is 12.1 Å². The van der Waals surface area contributed by atoms with Gasteiger partial charge in [-0.15, -0.1) is 0 Å². The Hall–Kier alpha value is -0.990. The second-order valence-corrected chi connectivity index (χ2v) is 6.80. The van der Waals surface area contributed by atoms with Crippen LogP contribution >= 0.6 is 15.9 Å². The highest BCUT2D eigenvalue weighted by Crippen LogP contribution is 2.39. The first-order valence-electron chi connectivity index (χ1n) is 7.48. The normalized spacial score (nSPS) is 21.1. The van der Waals surface area contributed by atoms with Crippen molar-refractivity contribution in [2.45, 2.75) is 19.1 Å². The molecule has 0 aromatic heterocycles. The number of hydrogen-bond acceptors (Lipinski definition) is 4. The summed E-state index contributed by atoms with van der Waals surface area (Å²) in [7, 11) is 0. The molecule has 0 spiro atoms. The molecule has 0 radical (unpaired) electrons. The van der Waals surface area contributed by atoms with Crippen molar-refractivity contribution < 1.29 is 22.6 Å². The summed E-state index contributed by atoms with van der Waals surface area (Å²) in [5.74, 6) is 1.69. The van der Waals surface area contributed by atoms with Crippen molar-refractivity contribution in [1.29, 1.82) is 0 Å². The summed E-state index contributed by atoms with van der Waals surface area (Å²) in [5.41, 5.74) is 1.05. The highest BCUT2D eigenvalue weighted by atomic mass is 79.9. The quantitative estimate of drug-likeness (QED) is 0.831. The minimum absolute atomic E-state index is 0.224. The molecule has 8 heteroatoms. The molecule has 1 N–H and O–H groups in total. The number of hydrogen-bond donors (Lipinski definition) is 1. The first-order chi connectivity index (χ1) is 10.9. The monoisotopic (exact) mass is 394 g/mol. The minimum Gasteiger partial charge on any atom is -0.454 e. The number of benzene rings is 1. The maximum Gasteiger partial charge on any atom is 0.401 e.